The average Bonchev–Trinajstić information content (AvgIpc) is 2.70. The second-order valence-electron chi connectivity index (χ2n) is 7.40. The Morgan fingerprint density at radius 2 is 1.70 bits per heavy atom. The van der Waals surface area contributed by atoms with Gasteiger partial charge >= 0.3 is 24.1 Å². The number of alkyl halides is 3. The van der Waals surface area contributed by atoms with Crippen LogP contribution >= 0.6 is 0 Å². The van der Waals surface area contributed by atoms with Crippen LogP contribution in [0.1, 0.15) is 38.0 Å². The molecular formula is C21H20F3NO8. The van der Waals surface area contributed by atoms with Crippen molar-refractivity contribution in [2.45, 2.75) is 45.3 Å². The molecule has 0 spiro atoms. The van der Waals surface area contributed by atoms with Gasteiger partial charge in [-0.25, -0.2) is 0 Å². The van der Waals surface area contributed by atoms with Crippen LogP contribution in [0.4, 0.5) is 13.2 Å². The Kier molecular flexibility index (Phi) is 6.39. The van der Waals surface area contributed by atoms with Gasteiger partial charge in [0.05, 0.1) is 16.6 Å². The van der Waals surface area contributed by atoms with Crippen molar-refractivity contribution in [3.8, 4) is 5.75 Å². The van der Waals surface area contributed by atoms with E-state index in [4.69, 9.17) is 18.9 Å². The van der Waals surface area contributed by atoms with Gasteiger partial charge in [-0.05, 0) is 18.2 Å². The normalized spacial score (nSPS) is 19.9. The van der Waals surface area contributed by atoms with Crippen LogP contribution in [0.15, 0.2) is 23.0 Å². The Balaban J connectivity index is 2.34. The molecular weight excluding hydrogens is 451 g/mol. The Labute approximate surface area is 185 Å². The molecule has 0 saturated heterocycles. The molecule has 33 heavy (non-hydrogen) atoms. The summed E-state index contributed by atoms with van der Waals surface area (Å²) in [4.78, 5) is 48.0. The summed E-state index contributed by atoms with van der Waals surface area (Å²) < 4.78 is 62.5. The van der Waals surface area contributed by atoms with Crippen molar-refractivity contribution < 1.29 is 46.5 Å². The van der Waals surface area contributed by atoms with Gasteiger partial charge in [0.2, 0.25) is 0 Å². The van der Waals surface area contributed by atoms with Gasteiger partial charge in [0, 0.05) is 33.2 Å². The summed E-state index contributed by atoms with van der Waals surface area (Å²) in [5.41, 5.74) is -1.82. The number of halogens is 3. The van der Waals surface area contributed by atoms with Gasteiger partial charge in [0.15, 0.2) is 24.1 Å². The molecule has 0 bridgehead atoms. The molecule has 12 heteroatoms. The van der Waals surface area contributed by atoms with E-state index in [2.05, 4.69) is 0 Å². The van der Waals surface area contributed by atoms with Crippen LogP contribution in [0, 0.1) is 0 Å². The lowest BCUT2D eigenvalue weighted by molar-refractivity contribution is -0.182. The van der Waals surface area contributed by atoms with Crippen LogP contribution in [-0.4, -0.2) is 41.3 Å². The van der Waals surface area contributed by atoms with E-state index in [1.165, 1.54) is 7.05 Å². The molecule has 0 radical (unpaired) electrons. The van der Waals surface area contributed by atoms with Gasteiger partial charge in [-0.3, -0.25) is 19.2 Å². The number of aryl methyl sites for hydroxylation is 1. The van der Waals surface area contributed by atoms with Crippen molar-refractivity contribution in [1.29, 1.82) is 0 Å². The van der Waals surface area contributed by atoms with E-state index in [1.54, 1.807) is 0 Å². The zero-order valence-electron chi connectivity index (χ0n) is 18.0. The molecule has 0 N–H and O–H groups in total. The van der Waals surface area contributed by atoms with Gasteiger partial charge in [-0.15, -0.1) is 0 Å². The standard InChI is InChI=1S/C21H20F3NO8/c1-9(26)30-8-15-17(31-10(2)27)18(32-11(3)28)16-13-7-12(21(22,23)24)5-6-14(13)25(4)20(29)19(16)33-15/h5-7,15,17-18H,8H2,1-4H3/t15-,17-,18-/m1/s1. The fourth-order valence-corrected chi connectivity index (χ4v) is 3.66. The summed E-state index contributed by atoms with van der Waals surface area (Å²) in [7, 11) is 1.33. The summed E-state index contributed by atoms with van der Waals surface area (Å²) in [6.45, 7) is 2.75. The fraction of sp³-hybridized carbons (Fsp3) is 0.429. The van der Waals surface area contributed by atoms with Crippen molar-refractivity contribution in [1.82, 2.24) is 4.57 Å². The summed E-state index contributed by atoms with van der Waals surface area (Å²) >= 11 is 0. The minimum atomic E-state index is -4.70. The zero-order chi connectivity index (χ0) is 24.7. The molecule has 1 aromatic heterocycles. The van der Waals surface area contributed by atoms with Crippen LogP contribution in [-0.2, 0) is 41.8 Å². The third-order valence-electron chi connectivity index (χ3n) is 4.98. The largest absolute Gasteiger partial charge is 0.477 e. The quantitative estimate of drug-likeness (QED) is 0.494. The van der Waals surface area contributed by atoms with E-state index in [-0.39, 0.29) is 16.5 Å². The SMILES string of the molecule is CC(=O)OC[C@H]1Oc2c(c3cc(C(F)(F)F)ccc3n(C)c2=O)[C@@H](OC(C)=O)[C@@H]1OC(C)=O. The first-order valence-corrected chi connectivity index (χ1v) is 9.69. The van der Waals surface area contributed by atoms with E-state index in [0.717, 1.165) is 43.5 Å². The minimum absolute atomic E-state index is 0.0868. The molecule has 3 rings (SSSR count). The van der Waals surface area contributed by atoms with Crippen molar-refractivity contribution in [3.63, 3.8) is 0 Å². The minimum Gasteiger partial charge on any atom is -0.477 e. The first-order chi connectivity index (χ1) is 15.3. The third-order valence-corrected chi connectivity index (χ3v) is 4.98. The molecule has 0 amide bonds. The summed E-state index contributed by atoms with van der Waals surface area (Å²) in [5.74, 6) is -2.77. The zero-order valence-corrected chi connectivity index (χ0v) is 18.0. The maximum Gasteiger partial charge on any atom is 0.416 e. The van der Waals surface area contributed by atoms with Crippen molar-refractivity contribution in [2.24, 2.45) is 7.05 Å². The number of fused-ring (bicyclic) bond motifs is 3. The molecule has 0 unspecified atom stereocenters. The van der Waals surface area contributed by atoms with Crippen LogP contribution in [0.2, 0.25) is 0 Å². The maximum atomic E-state index is 13.4. The number of nitrogens with zero attached hydrogens (tertiary/aromatic N) is 1. The van der Waals surface area contributed by atoms with E-state index < -0.39 is 65.9 Å². The molecule has 0 fully saturated rings. The highest BCUT2D eigenvalue weighted by Gasteiger charge is 2.46. The molecule has 1 aliphatic rings. The highest BCUT2D eigenvalue weighted by molar-refractivity contribution is 5.87. The predicted octanol–water partition coefficient (Wildman–Crippen LogP) is 2.42. The van der Waals surface area contributed by atoms with Crippen LogP contribution in [0.25, 0.3) is 10.9 Å². The highest BCUT2D eigenvalue weighted by Crippen LogP contribution is 2.43. The lowest BCUT2D eigenvalue weighted by Crippen LogP contribution is -2.49. The molecule has 2 heterocycles. The van der Waals surface area contributed by atoms with Crippen LogP contribution in [0.5, 0.6) is 5.75 Å². The molecule has 2 aromatic rings. The molecule has 178 valence electrons. The third kappa shape index (κ3) is 4.78. The summed E-state index contributed by atoms with van der Waals surface area (Å²) in [5, 5.41) is -0.0868. The number of esters is 3. The van der Waals surface area contributed by atoms with Crippen LogP contribution in [0.3, 0.4) is 0 Å². The van der Waals surface area contributed by atoms with Crippen molar-refractivity contribution in [3.05, 3.63) is 39.7 Å². The fourth-order valence-electron chi connectivity index (χ4n) is 3.66. The molecule has 1 aliphatic heterocycles. The van der Waals surface area contributed by atoms with Gasteiger partial charge in [-0.1, -0.05) is 0 Å². The molecule has 1 aromatic carbocycles. The lowest BCUT2D eigenvalue weighted by atomic mass is 9.92. The first kappa shape index (κ1) is 24.1. The summed E-state index contributed by atoms with van der Waals surface area (Å²) in [6, 6.07) is 2.72. The average molecular weight is 471 g/mol. The maximum absolute atomic E-state index is 13.4. The van der Waals surface area contributed by atoms with Gasteiger partial charge < -0.3 is 23.5 Å². The molecule has 3 atom stereocenters. The van der Waals surface area contributed by atoms with E-state index in [1.807, 2.05) is 0 Å². The van der Waals surface area contributed by atoms with Crippen LogP contribution < -0.4 is 10.3 Å². The second kappa shape index (κ2) is 8.75. The van der Waals surface area contributed by atoms with Gasteiger partial charge in [0.25, 0.3) is 5.56 Å². The number of pyridine rings is 1. The molecule has 0 aliphatic carbocycles. The topological polar surface area (TPSA) is 110 Å². The van der Waals surface area contributed by atoms with Crippen molar-refractivity contribution in [2.75, 3.05) is 6.61 Å². The number of hydrogen-bond donors (Lipinski definition) is 0. The number of ether oxygens (including phenoxy) is 4. The number of rotatable bonds is 4. The van der Waals surface area contributed by atoms with Crippen molar-refractivity contribution >= 4 is 28.8 Å². The predicted molar refractivity (Wildman–Crippen MR) is 105 cm³/mol. The monoisotopic (exact) mass is 471 g/mol. The number of aromatic nitrogens is 1. The number of carbonyl (C=O) groups is 3. The number of carbonyl (C=O) groups excluding carboxylic acids is 3. The van der Waals surface area contributed by atoms with E-state index in [0.29, 0.717) is 0 Å². The van der Waals surface area contributed by atoms with Gasteiger partial charge in [0.1, 0.15) is 6.61 Å². The Morgan fingerprint density at radius 1 is 1.06 bits per heavy atom. The first-order valence-electron chi connectivity index (χ1n) is 9.69. The Hall–Kier alpha value is -3.57. The Morgan fingerprint density at radius 3 is 2.24 bits per heavy atom. The smallest absolute Gasteiger partial charge is 0.416 e. The Bertz CT molecular complexity index is 1190. The highest BCUT2D eigenvalue weighted by atomic mass is 19.4. The molecule has 0 saturated carbocycles. The molecule has 9 nitrogen and oxygen atoms in total. The van der Waals surface area contributed by atoms with E-state index >= 15 is 0 Å². The number of benzene rings is 1. The van der Waals surface area contributed by atoms with Gasteiger partial charge in [-0.2, -0.15) is 13.2 Å². The van der Waals surface area contributed by atoms with E-state index in [9.17, 15) is 32.3 Å². The second-order valence-corrected chi connectivity index (χ2v) is 7.40. The lowest BCUT2D eigenvalue weighted by Gasteiger charge is -2.38. The number of hydrogen-bond acceptors (Lipinski definition) is 8. The summed E-state index contributed by atoms with van der Waals surface area (Å²) in [6.07, 6.45) is -8.89.